The lowest BCUT2D eigenvalue weighted by molar-refractivity contribution is 0.0891. The molecule has 0 bridgehead atoms. The van der Waals surface area contributed by atoms with Crippen LogP contribution in [0.25, 0.3) is 0 Å². The van der Waals surface area contributed by atoms with Gasteiger partial charge in [-0.2, -0.15) is 0 Å². The molecule has 1 N–H and O–H groups in total. The van der Waals surface area contributed by atoms with Gasteiger partial charge in [0, 0.05) is 36.1 Å². The average Bonchev–Trinajstić information content (AvgIpc) is 3.34. The fourth-order valence-corrected chi connectivity index (χ4v) is 3.51. The van der Waals surface area contributed by atoms with Crippen LogP contribution in [-0.4, -0.2) is 35.1 Å². The molecule has 1 aliphatic heterocycles. The summed E-state index contributed by atoms with van der Waals surface area (Å²) in [5, 5.41) is 7.79. The predicted molar refractivity (Wildman–Crippen MR) is 95.7 cm³/mol. The predicted octanol–water partition coefficient (Wildman–Crippen LogP) is 3.60. The van der Waals surface area contributed by atoms with Crippen LogP contribution in [0.5, 0.6) is 0 Å². The van der Waals surface area contributed by atoms with Crippen LogP contribution in [-0.2, 0) is 6.54 Å². The Morgan fingerprint density at radius 1 is 1.28 bits per heavy atom. The Kier molecular flexibility index (Phi) is 4.77. The van der Waals surface area contributed by atoms with E-state index in [1.54, 1.807) is 6.07 Å². The van der Waals surface area contributed by atoms with E-state index in [0.717, 1.165) is 56.1 Å². The number of aromatic nitrogens is 1. The van der Waals surface area contributed by atoms with Crippen molar-refractivity contribution in [3.8, 4) is 0 Å². The minimum absolute atomic E-state index is 0.131. The number of carbonyl (C=O) groups excluding carboxylic acids is 1. The molecule has 1 aliphatic carbocycles. The lowest BCUT2D eigenvalue weighted by atomic mass is 10.0. The van der Waals surface area contributed by atoms with Gasteiger partial charge in [-0.1, -0.05) is 28.9 Å². The highest BCUT2D eigenvalue weighted by atomic mass is 35.5. The van der Waals surface area contributed by atoms with E-state index in [0.29, 0.717) is 11.6 Å². The number of hydrogen-bond donors (Lipinski definition) is 1. The molecule has 5 nitrogen and oxygen atoms in total. The molecule has 0 unspecified atom stereocenters. The second-order valence-corrected chi connectivity index (χ2v) is 7.50. The Morgan fingerprint density at radius 3 is 2.84 bits per heavy atom. The first-order valence-corrected chi connectivity index (χ1v) is 9.29. The van der Waals surface area contributed by atoms with Crippen LogP contribution < -0.4 is 5.32 Å². The quantitative estimate of drug-likeness (QED) is 0.886. The van der Waals surface area contributed by atoms with E-state index in [1.165, 1.54) is 5.56 Å². The average molecular weight is 360 g/mol. The lowest BCUT2D eigenvalue weighted by Gasteiger charge is -2.33. The molecule has 2 heterocycles. The monoisotopic (exact) mass is 359 g/mol. The van der Waals surface area contributed by atoms with E-state index >= 15 is 0 Å². The van der Waals surface area contributed by atoms with Gasteiger partial charge >= 0.3 is 0 Å². The minimum Gasteiger partial charge on any atom is -0.360 e. The molecular weight excluding hydrogens is 338 g/mol. The smallest absolute Gasteiger partial charge is 0.273 e. The van der Waals surface area contributed by atoms with Gasteiger partial charge < -0.3 is 9.84 Å². The van der Waals surface area contributed by atoms with Crippen molar-refractivity contribution in [3.05, 3.63) is 52.4 Å². The SMILES string of the molecule is O=C(N[C@@H]1CCCN(Cc2ccc(Cl)cc2)C1)c1cc(C2CC2)on1. The van der Waals surface area contributed by atoms with Gasteiger partial charge in [-0.3, -0.25) is 9.69 Å². The zero-order valence-corrected chi connectivity index (χ0v) is 14.8. The number of hydrogen-bond acceptors (Lipinski definition) is 4. The van der Waals surface area contributed by atoms with Gasteiger partial charge in [0.25, 0.3) is 5.91 Å². The van der Waals surface area contributed by atoms with Crippen molar-refractivity contribution < 1.29 is 9.32 Å². The molecule has 0 spiro atoms. The summed E-state index contributed by atoms with van der Waals surface area (Å²) in [6.45, 7) is 2.77. The summed E-state index contributed by atoms with van der Waals surface area (Å²) in [5.74, 6) is 1.19. The third-order valence-electron chi connectivity index (χ3n) is 4.90. The molecule has 2 aromatic rings. The maximum atomic E-state index is 12.4. The Labute approximate surface area is 152 Å². The number of carbonyl (C=O) groups is 1. The van der Waals surface area contributed by atoms with Crippen molar-refractivity contribution >= 4 is 17.5 Å². The van der Waals surface area contributed by atoms with Crippen molar-refractivity contribution in [2.75, 3.05) is 13.1 Å². The number of benzene rings is 1. The van der Waals surface area contributed by atoms with Gasteiger partial charge in [0.05, 0.1) is 0 Å². The molecule has 0 radical (unpaired) electrons. The zero-order chi connectivity index (χ0) is 17.2. The number of amides is 1. The summed E-state index contributed by atoms with van der Waals surface area (Å²) < 4.78 is 5.28. The number of likely N-dealkylation sites (tertiary alicyclic amines) is 1. The topological polar surface area (TPSA) is 58.4 Å². The summed E-state index contributed by atoms with van der Waals surface area (Å²) in [6.07, 6.45) is 4.35. The second kappa shape index (κ2) is 7.18. The number of piperidine rings is 1. The molecule has 2 fully saturated rings. The third-order valence-corrected chi connectivity index (χ3v) is 5.15. The van der Waals surface area contributed by atoms with Crippen LogP contribution in [0, 0.1) is 0 Å². The largest absolute Gasteiger partial charge is 0.360 e. The molecule has 4 rings (SSSR count). The highest BCUT2D eigenvalue weighted by Gasteiger charge is 2.29. The molecule has 6 heteroatoms. The standard InChI is InChI=1S/C19H22ClN3O2/c20-15-7-3-13(4-8-15)11-23-9-1-2-16(12-23)21-19(24)17-10-18(25-22-17)14-5-6-14/h3-4,7-8,10,14,16H,1-2,5-6,9,11-12H2,(H,21,24)/t16-/m1/s1. The van der Waals surface area contributed by atoms with Gasteiger partial charge in [0.2, 0.25) is 0 Å². The maximum Gasteiger partial charge on any atom is 0.273 e. The summed E-state index contributed by atoms with van der Waals surface area (Å²) in [5.41, 5.74) is 1.64. The van der Waals surface area contributed by atoms with Crippen LogP contribution >= 0.6 is 11.6 Å². The number of rotatable bonds is 5. The van der Waals surface area contributed by atoms with Gasteiger partial charge in [-0.05, 0) is 49.9 Å². The Morgan fingerprint density at radius 2 is 2.08 bits per heavy atom. The van der Waals surface area contributed by atoms with E-state index in [2.05, 4.69) is 27.5 Å². The molecular formula is C19H22ClN3O2. The highest BCUT2D eigenvalue weighted by molar-refractivity contribution is 6.30. The first-order chi connectivity index (χ1) is 12.2. The fraction of sp³-hybridized carbons (Fsp3) is 0.474. The Balaban J connectivity index is 1.32. The number of nitrogens with one attached hydrogen (secondary N) is 1. The minimum atomic E-state index is -0.131. The van der Waals surface area contributed by atoms with E-state index < -0.39 is 0 Å². The molecule has 2 aliphatic rings. The summed E-state index contributed by atoms with van der Waals surface area (Å²) >= 11 is 5.94. The van der Waals surface area contributed by atoms with E-state index in [4.69, 9.17) is 16.1 Å². The number of nitrogens with zero attached hydrogens (tertiary/aromatic N) is 2. The van der Waals surface area contributed by atoms with Gasteiger partial charge in [0.1, 0.15) is 5.76 Å². The number of halogens is 1. The normalized spacial score (nSPS) is 21.2. The molecule has 132 valence electrons. The molecule has 1 aromatic heterocycles. The zero-order valence-electron chi connectivity index (χ0n) is 14.1. The van der Waals surface area contributed by atoms with Crippen molar-refractivity contribution in [1.82, 2.24) is 15.4 Å². The van der Waals surface area contributed by atoms with E-state index in [9.17, 15) is 4.79 Å². The Bertz CT molecular complexity index is 739. The molecule has 1 amide bonds. The van der Waals surface area contributed by atoms with E-state index in [1.807, 2.05) is 12.1 Å². The fourth-order valence-electron chi connectivity index (χ4n) is 3.38. The van der Waals surface area contributed by atoms with Crippen LogP contribution in [0.1, 0.15) is 53.4 Å². The van der Waals surface area contributed by atoms with Crippen LogP contribution in [0.15, 0.2) is 34.9 Å². The highest BCUT2D eigenvalue weighted by Crippen LogP contribution is 2.40. The first-order valence-electron chi connectivity index (χ1n) is 8.91. The third kappa shape index (κ3) is 4.22. The summed E-state index contributed by atoms with van der Waals surface area (Å²) in [4.78, 5) is 14.8. The van der Waals surface area contributed by atoms with Gasteiger partial charge in [0.15, 0.2) is 5.69 Å². The van der Waals surface area contributed by atoms with Gasteiger partial charge in [-0.15, -0.1) is 0 Å². The molecule has 1 saturated carbocycles. The summed E-state index contributed by atoms with van der Waals surface area (Å²) in [7, 11) is 0. The van der Waals surface area contributed by atoms with Gasteiger partial charge in [-0.25, -0.2) is 0 Å². The van der Waals surface area contributed by atoms with Crippen molar-refractivity contribution in [2.45, 2.75) is 44.2 Å². The van der Waals surface area contributed by atoms with Crippen molar-refractivity contribution in [2.24, 2.45) is 0 Å². The second-order valence-electron chi connectivity index (χ2n) is 7.06. The van der Waals surface area contributed by atoms with Crippen LogP contribution in [0.4, 0.5) is 0 Å². The molecule has 25 heavy (non-hydrogen) atoms. The maximum absolute atomic E-state index is 12.4. The molecule has 1 saturated heterocycles. The van der Waals surface area contributed by atoms with Crippen molar-refractivity contribution in [3.63, 3.8) is 0 Å². The van der Waals surface area contributed by atoms with Crippen LogP contribution in [0.2, 0.25) is 5.02 Å². The lowest BCUT2D eigenvalue weighted by Crippen LogP contribution is -2.47. The molecule has 1 aromatic carbocycles. The van der Waals surface area contributed by atoms with E-state index in [-0.39, 0.29) is 11.9 Å². The Hall–Kier alpha value is -1.85. The van der Waals surface area contributed by atoms with Crippen molar-refractivity contribution in [1.29, 1.82) is 0 Å². The first kappa shape index (κ1) is 16.6. The van der Waals surface area contributed by atoms with Crippen LogP contribution in [0.3, 0.4) is 0 Å². The summed E-state index contributed by atoms with van der Waals surface area (Å²) in [6, 6.07) is 9.89. The molecule has 1 atom stereocenters.